The van der Waals surface area contributed by atoms with Crippen LogP contribution in [0.3, 0.4) is 0 Å². The van der Waals surface area contributed by atoms with Gasteiger partial charge < -0.3 is 19.7 Å². The maximum Gasteiger partial charge on any atom is 0.416 e. The third-order valence-corrected chi connectivity index (χ3v) is 3.43. The van der Waals surface area contributed by atoms with Crippen LogP contribution in [0.4, 0.5) is 0 Å². The Labute approximate surface area is 123 Å². The molecule has 1 saturated heterocycles. The van der Waals surface area contributed by atoms with Crippen LogP contribution in [0.1, 0.15) is 26.7 Å². The first-order valence-corrected chi connectivity index (χ1v) is 7.80. The van der Waals surface area contributed by atoms with Crippen LogP contribution >= 0.6 is 0 Å². The molecule has 1 fully saturated rings. The van der Waals surface area contributed by atoms with Crippen LogP contribution in [0.25, 0.3) is 0 Å². The molecule has 0 aromatic rings. The number of hydrogen-bond acceptors (Lipinski definition) is 9. The van der Waals surface area contributed by atoms with Crippen LogP contribution in [0.5, 0.6) is 0 Å². The van der Waals surface area contributed by atoms with E-state index in [1.54, 1.807) is 0 Å². The average Bonchev–Trinajstić information content (AvgIpc) is 2.33. The molecule has 10 heteroatoms. The second-order valence-corrected chi connectivity index (χ2v) is 6.10. The van der Waals surface area contributed by atoms with Crippen molar-refractivity contribution in [3.63, 3.8) is 0 Å². The molecule has 0 aliphatic carbocycles. The lowest BCUT2D eigenvalue weighted by Crippen LogP contribution is -2.57. The molecular formula is C11H20O9S. The minimum Gasteiger partial charge on any atom is -0.454 e. The molecule has 2 N–H and O–H groups in total. The Morgan fingerprint density at radius 2 is 1.90 bits per heavy atom. The zero-order valence-electron chi connectivity index (χ0n) is 11.9. The van der Waals surface area contributed by atoms with Crippen molar-refractivity contribution in [2.75, 3.05) is 19.8 Å². The van der Waals surface area contributed by atoms with E-state index in [0.717, 1.165) is 6.42 Å². The molecule has 1 heterocycles. The summed E-state index contributed by atoms with van der Waals surface area (Å²) in [5.74, 6) is -3.94. The van der Waals surface area contributed by atoms with E-state index in [9.17, 15) is 18.3 Å². The Morgan fingerprint density at radius 3 is 2.38 bits per heavy atom. The van der Waals surface area contributed by atoms with Gasteiger partial charge in [0.05, 0.1) is 19.8 Å². The Bertz CT molecular complexity index is 433. The van der Waals surface area contributed by atoms with E-state index in [4.69, 9.17) is 14.6 Å². The monoisotopic (exact) mass is 328 g/mol. The Balaban J connectivity index is 2.52. The quantitative estimate of drug-likeness (QED) is 0.416. The van der Waals surface area contributed by atoms with Crippen molar-refractivity contribution < 1.29 is 41.3 Å². The minimum absolute atomic E-state index is 0.00184. The second-order valence-electron chi connectivity index (χ2n) is 4.95. The molecule has 0 saturated carbocycles. The molecular weight excluding hydrogens is 308 g/mol. The first kappa shape index (κ1) is 18.3. The zero-order valence-corrected chi connectivity index (χ0v) is 12.7. The van der Waals surface area contributed by atoms with Crippen LogP contribution in [0.15, 0.2) is 0 Å². The average molecular weight is 328 g/mol. The van der Waals surface area contributed by atoms with E-state index in [0.29, 0.717) is 12.3 Å². The van der Waals surface area contributed by atoms with Crippen molar-refractivity contribution in [2.24, 2.45) is 5.92 Å². The topological polar surface area (TPSA) is 129 Å². The van der Waals surface area contributed by atoms with Gasteiger partial charge in [0.1, 0.15) is 6.10 Å². The van der Waals surface area contributed by atoms with E-state index < -0.39 is 28.4 Å². The number of esters is 1. The highest BCUT2D eigenvalue weighted by molar-refractivity contribution is 7.82. The second kappa shape index (κ2) is 7.47. The summed E-state index contributed by atoms with van der Waals surface area (Å²) in [4.78, 5) is 11.6. The molecule has 1 unspecified atom stereocenters. The smallest absolute Gasteiger partial charge is 0.416 e. The van der Waals surface area contributed by atoms with Gasteiger partial charge in [0.2, 0.25) is 0 Å². The summed E-state index contributed by atoms with van der Waals surface area (Å²) in [6.45, 7) is 3.85. The SMILES string of the molecule is CC(C)CCC(COCCO)OC(=O)C1(O)OS(=O)(=O)O1. The Morgan fingerprint density at radius 1 is 1.29 bits per heavy atom. The molecule has 124 valence electrons. The van der Waals surface area contributed by atoms with Crippen LogP contribution in [-0.4, -0.2) is 56.5 Å². The van der Waals surface area contributed by atoms with Gasteiger partial charge in [-0.05, 0) is 18.8 Å². The van der Waals surface area contributed by atoms with Crippen molar-refractivity contribution in [3.05, 3.63) is 0 Å². The lowest BCUT2D eigenvalue weighted by molar-refractivity contribution is -0.318. The van der Waals surface area contributed by atoms with Gasteiger partial charge in [-0.15, -0.1) is 0 Å². The van der Waals surface area contributed by atoms with E-state index in [1.807, 2.05) is 13.8 Å². The van der Waals surface area contributed by atoms with Crippen LogP contribution in [-0.2, 0) is 33.0 Å². The lowest BCUT2D eigenvalue weighted by atomic mass is 10.1. The fraction of sp³-hybridized carbons (Fsp3) is 0.909. The maximum absolute atomic E-state index is 11.6. The molecule has 21 heavy (non-hydrogen) atoms. The van der Waals surface area contributed by atoms with Gasteiger partial charge in [0, 0.05) is 0 Å². The third kappa shape index (κ3) is 5.85. The normalized spacial score (nSPS) is 20.8. The van der Waals surface area contributed by atoms with Gasteiger partial charge in [-0.1, -0.05) is 13.8 Å². The zero-order chi connectivity index (χ0) is 16.1. The highest BCUT2D eigenvalue weighted by Crippen LogP contribution is 2.30. The fourth-order valence-electron chi connectivity index (χ4n) is 1.55. The predicted molar refractivity (Wildman–Crippen MR) is 67.9 cm³/mol. The Hall–Kier alpha value is -0.780. The van der Waals surface area contributed by atoms with Gasteiger partial charge >= 0.3 is 22.3 Å². The molecule has 1 aliphatic heterocycles. The number of rotatable bonds is 9. The molecule has 1 rings (SSSR count). The first-order chi connectivity index (χ1) is 9.68. The minimum atomic E-state index is -4.33. The largest absolute Gasteiger partial charge is 0.454 e. The highest BCUT2D eigenvalue weighted by Gasteiger charge is 2.59. The van der Waals surface area contributed by atoms with Crippen molar-refractivity contribution in [1.82, 2.24) is 0 Å². The van der Waals surface area contributed by atoms with Gasteiger partial charge in [-0.3, -0.25) is 0 Å². The standard InChI is InChI=1S/C11H20O9S/c1-8(2)3-4-9(7-17-6-5-12)18-10(13)11(14)19-21(15,16)20-11/h8-9,12,14H,3-7H2,1-2H3. The third-order valence-electron chi connectivity index (χ3n) is 2.57. The van der Waals surface area contributed by atoms with E-state index in [2.05, 4.69) is 8.37 Å². The summed E-state index contributed by atoms with van der Waals surface area (Å²) in [5.41, 5.74) is 0. The van der Waals surface area contributed by atoms with Gasteiger partial charge in [-0.25, -0.2) is 4.79 Å². The van der Waals surface area contributed by atoms with Crippen LogP contribution < -0.4 is 0 Å². The number of carbonyl (C=O) groups is 1. The molecule has 0 radical (unpaired) electrons. The molecule has 0 aromatic heterocycles. The summed E-state index contributed by atoms with van der Waals surface area (Å²) in [6, 6.07) is 0. The van der Waals surface area contributed by atoms with E-state index in [1.165, 1.54) is 0 Å². The van der Waals surface area contributed by atoms with E-state index in [-0.39, 0.29) is 19.8 Å². The number of aliphatic hydroxyl groups excluding tert-OH is 1. The first-order valence-electron chi connectivity index (χ1n) is 6.47. The molecule has 1 aliphatic rings. The van der Waals surface area contributed by atoms with Gasteiger partial charge in [-0.2, -0.15) is 16.8 Å². The van der Waals surface area contributed by atoms with Crippen molar-refractivity contribution >= 4 is 16.4 Å². The van der Waals surface area contributed by atoms with Gasteiger partial charge in [0.15, 0.2) is 0 Å². The van der Waals surface area contributed by atoms with E-state index >= 15 is 0 Å². The highest BCUT2D eigenvalue weighted by atomic mass is 32.3. The lowest BCUT2D eigenvalue weighted by Gasteiger charge is -2.32. The molecule has 1 atom stereocenters. The van der Waals surface area contributed by atoms with Crippen LogP contribution in [0.2, 0.25) is 0 Å². The van der Waals surface area contributed by atoms with Crippen molar-refractivity contribution in [3.8, 4) is 0 Å². The number of hydrogen-bond donors (Lipinski definition) is 2. The predicted octanol–water partition coefficient (Wildman–Crippen LogP) is -0.719. The summed E-state index contributed by atoms with van der Waals surface area (Å²) < 4.78 is 39.3. The van der Waals surface area contributed by atoms with Crippen LogP contribution in [0, 0.1) is 5.92 Å². The summed E-state index contributed by atoms with van der Waals surface area (Å²) >= 11 is 0. The maximum atomic E-state index is 11.6. The molecule has 0 bridgehead atoms. The summed E-state index contributed by atoms with van der Waals surface area (Å²) in [6.07, 6.45) is 0.447. The number of aliphatic hydroxyl groups is 2. The number of ether oxygens (including phenoxy) is 2. The number of carbonyl (C=O) groups excluding carboxylic acids is 1. The van der Waals surface area contributed by atoms with Gasteiger partial charge in [0.25, 0.3) is 0 Å². The molecule has 9 nitrogen and oxygen atoms in total. The summed E-state index contributed by atoms with van der Waals surface area (Å²) in [7, 11) is -4.33. The summed E-state index contributed by atoms with van der Waals surface area (Å²) in [5, 5.41) is 18.1. The fourth-order valence-corrected chi connectivity index (χ4v) is 2.25. The van der Waals surface area contributed by atoms with Crippen molar-refractivity contribution in [1.29, 1.82) is 0 Å². The molecule has 0 amide bonds. The van der Waals surface area contributed by atoms with Crippen molar-refractivity contribution in [2.45, 2.75) is 38.8 Å². The molecule has 0 aromatic carbocycles. The molecule has 0 spiro atoms. The Kier molecular flexibility index (Phi) is 6.50.